The van der Waals surface area contributed by atoms with E-state index in [1.165, 1.54) is 0 Å². The summed E-state index contributed by atoms with van der Waals surface area (Å²) in [5, 5.41) is 0. The zero-order chi connectivity index (χ0) is 12.6. The summed E-state index contributed by atoms with van der Waals surface area (Å²) in [7, 11) is 0. The number of aryl methyl sites for hydroxylation is 1. The number of nitrogens with zero attached hydrogens (tertiary/aromatic N) is 2. The number of carbonyl (C=O) groups excluding carboxylic acids is 1. The van der Waals surface area contributed by atoms with Crippen molar-refractivity contribution in [1.29, 1.82) is 0 Å². The Labute approximate surface area is 88.0 Å². The maximum Gasteiger partial charge on any atom is 0.222 e. The van der Waals surface area contributed by atoms with Gasteiger partial charge < -0.3 is 4.90 Å². The van der Waals surface area contributed by atoms with Crippen LogP contribution in [0.15, 0.2) is 18.5 Å². The maximum atomic E-state index is 11.6. The molecule has 1 atom stereocenters. The van der Waals surface area contributed by atoms with Crippen LogP contribution in [0, 0.1) is 6.92 Å². The predicted molar refractivity (Wildman–Crippen MR) is 53.7 cm³/mol. The van der Waals surface area contributed by atoms with E-state index in [4.69, 9.17) is 4.11 Å². The predicted octanol–water partition coefficient (Wildman–Crippen LogP) is 1.68. The lowest BCUT2D eigenvalue weighted by atomic mass is 10.1. The molecule has 0 aromatic carbocycles. The summed E-state index contributed by atoms with van der Waals surface area (Å²) in [5.74, 6) is -0.309. The summed E-state index contributed by atoms with van der Waals surface area (Å²) in [5.41, 5.74) is 1.76. The molecular formula is C11H14N2O. The number of likely N-dealkylation sites (tertiary alicyclic amines) is 1. The lowest BCUT2D eigenvalue weighted by molar-refractivity contribution is -0.127. The molecule has 1 aromatic rings. The van der Waals surface area contributed by atoms with Crippen LogP contribution in [-0.2, 0) is 4.79 Å². The van der Waals surface area contributed by atoms with Gasteiger partial charge in [0.1, 0.15) is 0 Å². The van der Waals surface area contributed by atoms with E-state index in [1.807, 2.05) is 13.0 Å². The molecule has 1 amide bonds. The number of amides is 1. The average molecular weight is 193 g/mol. The highest BCUT2D eigenvalue weighted by atomic mass is 16.2. The van der Waals surface area contributed by atoms with Crippen molar-refractivity contribution in [1.82, 2.24) is 9.88 Å². The summed E-state index contributed by atoms with van der Waals surface area (Å²) in [4.78, 5) is 16.7. The third kappa shape index (κ3) is 1.50. The Morgan fingerprint density at radius 1 is 1.64 bits per heavy atom. The van der Waals surface area contributed by atoms with Gasteiger partial charge in [0, 0.05) is 29.9 Å². The topological polar surface area (TPSA) is 33.2 Å². The van der Waals surface area contributed by atoms with Gasteiger partial charge in [-0.05, 0) is 24.5 Å². The Balaban J connectivity index is 2.35. The fourth-order valence-electron chi connectivity index (χ4n) is 1.76. The van der Waals surface area contributed by atoms with Crippen LogP contribution in [0.25, 0.3) is 0 Å². The minimum atomic E-state index is -2.37. The summed E-state index contributed by atoms with van der Waals surface area (Å²) in [6.07, 6.45) is 4.17. The van der Waals surface area contributed by atoms with Crippen molar-refractivity contribution in [2.24, 2.45) is 0 Å². The lowest BCUT2D eigenvalue weighted by Crippen LogP contribution is -2.22. The van der Waals surface area contributed by atoms with Gasteiger partial charge in [-0.1, -0.05) is 6.07 Å². The second-order valence-corrected chi connectivity index (χ2v) is 3.61. The molecule has 74 valence electrons. The van der Waals surface area contributed by atoms with Gasteiger partial charge in [0.15, 0.2) is 0 Å². The van der Waals surface area contributed by atoms with Crippen LogP contribution in [0.2, 0.25) is 0 Å². The molecule has 3 heteroatoms. The molecule has 2 rings (SSSR count). The molecule has 0 bridgehead atoms. The first kappa shape index (κ1) is 6.17. The molecule has 1 aliphatic rings. The standard InChI is InChI=1S/C11H14N2O/c1-8-5-9(7-12-6-8)10-3-4-11(14)13(10)2/h5-7,10H,3-4H2,1-2H3/i2D3. The molecule has 0 radical (unpaired) electrons. The van der Waals surface area contributed by atoms with E-state index in [0.29, 0.717) is 6.42 Å². The van der Waals surface area contributed by atoms with Crippen LogP contribution in [-0.4, -0.2) is 22.8 Å². The molecule has 3 nitrogen and oxygen atoms in total. The third-order valence-corrected chi connectivity index (χ3v) is 2.49. The van der Waals surface area contributed by atoms with Crippen LogP contribution < -0.4 is 0 Å². The van der Waals surface area contributed by atoms with Crippen LogP contribution in [0.3, 0.4) is 0 Å². The lowest BCUT2D eigenvalue weighted by Gasteiger charge is -2.19. The molecule has 14 heavy (non-hydrogen) atoms. The summed E-state index contributed by atoms with van der Waals surface area (Å²) in [6, 6.07) is 1.51. The highest BCUT2D eigenvalue weighted by Crippen LogP contribution is 2.30. The minimum absolute atomic E-state index is 0.289. The van der Waals surface area contributed by atoms with Gasteiger partial charge in [-0.15, -0.1) is 0 Å². The zero-order valence-electron chi connectivity index (χ0n) is 11.0. The molecule has 1 aromatic heterocycles. The van der Waals surface area contributed by atoms with Crippen molar-refractivity contribution in [2.75, 3.05) is 6.98 Å². The quantitative estimate of drug-likeness (QED) is 0.680. The fraction of sp³-hybridized carbons (Fsp3) is 0.455. The number of hydrogen-bond acceptors (Lipinski definition) is 2. The van der Waals surface area contributed by atoms with Gasteiger partial charge in [0.05, 0.1) is 6.04 Å². The van der Waals surface area contributed by atoms with Crippen LogP contribution in [0.5, 0.6) is 0 Å². The van der Waals surface area contributed by atoms with Crippen molar-refractivity contribution in [2.45, 2.75) is 25.8 Å². The molecule has 1 saturated heterocycles. The van der Waals surface area contributed by atoms with Crippen molar-refractivity contribution in [3.8, 4) is 0 Å². The van der Waals surface area contributed by atoms with Gasteiger partial charge in [-0.2, -0.15) is 0 Å². The number of aromatic nitrogens is 1. The molecule has 1 aliphatic heterocycles. The van der Waals surface area contributed by atoms with Crippen molar-refractivity contribution in [3.63, 3.8) is 0 Å². The first-order valence-corrected chi connectivity index (χ1v) is 4.63. The second kappa shape index (κ2) is 3.40. The molecular weight excluding hydrogens is 176 g/mol. The van der Waals surface area contributed by atoms with Crippen molar-refractivity contribution in [3.05, 3.63) is 29.6 Å². The van der Waals surface area contributed by atoms with E-state index in [1.54, 1.807) is 12.4 Å². The van der Waals surface area contributed by atoms with Gasteiger partial charge in [0.2, 0.25) is 5.91 Å². The van der Waals surface area contributed by atoms with E-state index in [9.17, 15) is 4.79 Å². The van der Waals surface area contributed by atoms with Gasteiger partial charge in [0.25, 0.3) is 0 Å². The van der Waals surface area contributed by atoms with E-state index in [0.717, 1.165) is 16.0 Å². The Kier molecular flexibility index (Phi) is 1.50. The van der Waals surface area contributed by atoms with Gasteiger partial charge in [-0.25, -0.2) is 0 Å². The average Bonchev–Trinajstić information content (AvgIpc) is 2.59. The van der Waals surface area contributed by atoms with Gasteiger partial charge in [-0.3, -0.25) is 9.78 Å². The smallest absolute Gasteiger partial charge is 0.222 e. The van der Waals surface area contributed by atoms with E-state index < -0.39 is 6.98 Å². The van der Waals surface area contributed by atoms with E-state index in [-0.39, 0.29) is 18.4 Å². The number of rotatable bonds is 1. The Morgan fingerprint density at radius 2 is 2.50 bits per heavy atom. The molecule has 2 heterocycles. The number of hydrogen-bond donors (Lipinski definition) is 0. The van der Waals surface area contributed by atoms with Gasteiger partial charge >= 0.3 is 0 Å². The van der Waals surface area contributed by atoms with E-state index >= 15 is 0 Å². The Morgan fingerprint density at radius 3 is 3.21 bits per heavy atom. The Hall–Kier alpha value is -1.38. The van der Waals surface area contributed by atoms with Crippen molar-refractivity contribution < 1.29 is 8.91 Å². The monoisotopic (exact) mass is 193 g/mol. The molecule has 0 saturated carbocycles. The molecule has 1 fully saturated rings. The fourth-order valence-corrected chi connectivity index (χ4v) is 1.76. The Bertz CT molecular complexity index is 445. The van der Waals surface area contributed by atoms with E-state index in [2.05, 4.69) is 4.98 Å². The van der Waals surface area contributed by atoms with Crippen LogP contribution in [0.4, 0.5) is 0 Å². The molecule has 0 spiro atoms. The van der Waals surface area contributed by atoms with Crippen molar-refractivity contribution >= 4 is 5.91 Å². The summed E-state index contributed by atoms with van der Waals surface area (Å²) >= 11 is 0. The number of pyridine rings is 1. The zero-order valence-corrected chi connectivity index (χ0v) is 8.03. The summed E-state index contributed by atoms with van der Waals surface area (Å²) in [6.45, 7) is -0.477. The summed E-state index contributed by atoms with van der Waals surface area (Å²) < 4.78 is 22.2. The highest BCUT2D eigenvalue weighted by Gasteiger charge is 2.28. The number of carbonyl (C=O) groups is 1. The minimum Gasteiger partial charge on any atom is -0.339 e. The molecule has 1 unspecified atom stereocenters. The molecule has 0 N–H and O–H groups in total. The third-order valence-electron chi connectivity index (χ3n) is 2.49. The second-order valence-electron chi connectivity index (χ2n) is 3.61. The first-order valence-electron chi connectivity index (χ1n) is 6.13. The maximum absolute atomic E-state index is 11.6. The highest BCUT2D eigenvalue weighted by molar-refractivity contribution is 5.78. The van der Waals surface area contributed by atoms with Crippen LogP contribution in [0.1, 0.15) is 34.1 Å². The SMILES string of the molecule is [2H]C([2H])([2H])N1C(=O)CCC1c1cncc(C)c1. The largest absolute Gasteiger partial charge is 0.339 e. The van der Waals surface area contributed by atoms with Crippen LogP contribution >= 0.6 is 0 Å². The first-order chi connectivity index (χ1) is 7.89. The normalized spacial score (nSPS) is 25.8. The molecule has 0 aliphatic carbocycles.